The van der Waals surface area contributed by atoms with Crippen molar-refractivity contribution in [2.75, 3.05) is 19.8 Å². The van der Waals surface area contributed by atoms with Gasteiger partial charge in [-0.05, 0) is 38.7 Å². The van der Waals surface area contributed by atoms with Crippen LogP contribution in [0.4, 0.5) is 0 Å². The maximum Gasteiger partial charge on any atom is 0.124 e. The lowest BCUT2D eigenvalue weighted by Crippen LogP contribution is -2.22. The molecule has 1 saturated heterocycles. The van der Waals surface area contributed by atoms with E-state index in [-0.39, 0.29) is 6.04 Å². The number of hydrogen-bond acceptors (Lipinski definition) is 3. The van der Waals surface area contributed by atoms with Crippen LogP contribution in [0.15, 0.2) is 18.2 Å². The molecule has 0 saturated carbocycles. The van der Waals surface area contributed by atoms with E-state index in [9.17, 15) is 0 Å². The highest BCUT2D eigenvalue weighted by molar-refractivity contribution is 5.38. The maximum atomic E-state index is 5.99. The molecule has 0 unspecified atom stereocenters. The average molecular weight is 249 g/mol. The topological polar surface area (TPSA) is 44.5 Å². The highest BCUT2D eigenvalue weighted by atomic mass is 16.5. The van der Waals surface area contributed by atoms with Gasteiger partial charge in [-0.1, -0.05) is 17.7 Å². The Hall–Kier alpha value is -1.06. The SMILES string of the molecule is Cc1ccc(OCC2CCOCC2)c([C@@H](C)N)c1. The first-order chi connectivity index (χ1) is 8.66. The molecule has 1 atom stereocenters. The smallest absolute Gasteiger partial charge is 0.124 e. The summed E-state index contributed by atoms with van der Waals surface area (Å²) in [6.45, 7) is 6.57. The van der Waals surface area contributed by atoms with Gasteiger partial charge in [0.25, 0.3) is 0 Å². The average Bonchev–Trinajstić information content (AvgIpc) is 2.38. The zero-order valence-electron chi connectivity index (χ0n) is 11.3. The first kappa shape index (κ1) is 13.4. The van der Waals surface area contributed by atoms with Crippen LogP contribution in [0.25, 0.3) is 0 Å². The number of nitrogens with two attached hydrogens (primary N) is 1. The maximum absolute atomic E-state index is 5.99. The molecule has 0 aliphatic carbocycles. The third-order valence-electron chi connectivity index (χ3n) is 3.47. The predicted octanol–water partition coefficient (Wildman–Crippen LogP) is 2.82. The zero-order chi connectivity index (χ0) is 13.0. The summed E-state index contributed by atoms with van der Waals surface area (Å²) in [5, 5.41) is 0. The molecule has 18 heavy (non-hydrogen) atoms. The van der Waals surface area contributed by atoms with Crippen LogP contribution in [0.3, 0.4) is 0 Å². The van der Waals surface area contributed by atoms with Gasteiger partial charge in [0.15, 0.2) is 0 Å². The molecule has 1 aliphatic heterocycles. The molecule has 0 aromatic heterocycles. The van der Waals surface area contributed by atoms with Crippen molar-refractivity contribution < 1.29 is 9.47 Å². The molecule has 0 amide bonds. The summed E-state index contributed by atoms with van der Waals surface area (Å²) in [6.07, 6.45) is 2.19. The van der Waals surface area contributed by atoms with Gasteiger partial charge in [0.1, 0.15) is 5.75 Å². The Labute approximate surface area is 109 Å². The van der Waals surface area contributed by atoms with Crippen molar-refractivity contribution in [2.24, 2.45) is 11.7 Å². The fourth-order valence-corrected chi connectivity index (χ4v) is 2.28. The normalized spacial score (nSPS) is 18.6. The Morgan fingerprint density at radius 1 is 1.39 bits per heavy atom. The number of hydrogen-bond donors (Lipinski definition) is 1. The molecule has 1 fully saturated rings. The minimum Gasteiger partial charge on any atom is -0.493 e. The Morgan fingerprint density at radius 3 is 2.78 bits per heavy atom. The van der Waals surface area contributed by atoms with Crippen molar-refractivity contribution in [1.82, 2.24) is 0 Å². The van der Waals surface area contributed by atoms with E-state index < -0.39 is 0 Å². The van der Waals surface area contributed by atoms with Crippen LogP contribution in [0.5, 0.6) is 5.75 Å². The standard InChI is InChI=1S/C15H23NO2/c1-11-3-4-15(14(9-11)12(2)16)18-10-13-5-7-17-8-6-13/h3-4,9,12-13H,5-8,10,16H2,1-2H3/t12-/m1/s1. The van der Waals surface area contributed by atoms with Gasteiger partial charge in [-0.25, -0.2) is 0 Å². The van der Waals surface area contributed by atoms with E-state index in [0.717, 1.165) is 44.0 Å². The molecule has 3 nitrogen and oxygen atoms in total. The summed E-state index contributed by atoms with van der Waals surface area (Å²) < 4.78 is 11.3. The van der Waals surface area contributed by atoms with Crippen molar-refractivity contribution in [3.8, 4) is 5.75 Å². The van der Waals surface area contributed by atoms with E-state index in [1.54, 1.807) is 0 Å². The number of aryl methyl sites for hydroxylation is 1. The summed E-state index contributed by atoms with van der Waals surface area (Å²) in [4.78, 5) is 0. The van der Waals surface area contributed by atoms with Crippen molar-refractivity contribution in [3.05, 3.63) is 29.3 Å². The van der Waals surface area contributed by atoms with E-state index in [1.807, 2.05) is 13.0 Å². The van der Waals surface area contributed by atoms with Crippen LogP contribution in [-0.2, 0) is 4.74 Å². The van der Waals surface area contributed by atoms with Crippen LogP contribution in [0.1, 0.15) is 36.9 Å². The van der Waals surface area contributed by atoms with Crippen LogP contribution in [0.2, 0.25) is 0 Å². The number of rotatable bonds is 4. The van der Waals surface area contributed by atoms with Crippen molar-refractivity contribution in [2.45, 2.75) is 32.7 Å². The molecule has 0 spiro atoms. The molecular weight excluding hydrogens is 226 g/mol. The van der Waals surface area contributed by atoms with Gasteiger partial charge >= 0.3 is 0 Å². The first-order valence-corrected chi connectivity index (χ1v) is 6.73. The fourth-order valence-electron chi connectivity index (χ4n) is 2.28. The minimum atomic E-state index is 0.00888. The molecule has 1 aromatic rings. The van der Waals surface area contributed by atoms with Gasteiger partial charge in [0.05, 0.1) is 6.61 Å². The second-order valence-corrected chi connectivity index (χ2v) is 5.20. The molecule has 0 radical (unpaired) electrons. The van der Waals surface area contributed by atoms with Gasteiger partial charge < -0.3 is 15.2 Å². The first-order valence-electron chi connectivity index (χ1n) is 6.73. The third kappa shape index (κ3) is 3.47. The van der Waals surface area contributed by atoms with E-state index in [0.29, 0.717) is 5.92 Å². The van der Waals surface area contributed by atoms with Crippen molar-refractivity contribution in [1.29, 1.82) is 0 Å². The second-order valence-electron chi connectivity index (χ2n) is 5.20. The lowest BCUT2D eigenvalue weighted by atomic mass is 10.0. The molecule has 1 aromatic carbocycles. The van der Waals surface area contributed by atoms with Gasteiger partial charge in [-0.15, -0.1) is 0 Å². The molecule has 2 N–H and O–H groups in total. The van der Waals surface area contributed by atoms with Crippen molar-refractivity contribution >= 4 is 0 Å². The fraction of sp³-hybridized carbons (Fsp3) is 0.600. The van der Waals surface area contributed by atoms with E-state index >= 15 is 0 Å². The van der Waals surface area contributed by atoms with E-state index in [4.69, 9.17) is 15.2 Å². The summed E-state index contributed by atoms with van der Waals surface area (Å²) in [5.41, 5.74) is 8.31. The third-order valence-corrected chi connectivity index (χ3v) is 3.47. The minimum absolute atomic E-state index is 0.00888. The van der Waals surface area contributed by atoms with Crippen molar-refractivity contribution in [3.63, 3.8) is 0 Å². The molecule has 3 heteroatoms. The van der Waals surface area contributed by atoms with Gasteiger partial charge in [0.2, 0.25) is 0 Å². The molecule has 2 rings (SSSR count). The Morgan fingerprint density at radius 2 is 2.11 bits per heavy atom. The van der Waals surface area contributed by atoms with Gasteiger partial charge in [0, 0.05) is 24.8 Å². The Kier molecular flexibility index (Phi) is 4.61. The van der Waals surface area contributed by atoms with Crippen LogP contribution in [-0.4, -0.2) is 19.8 Å². The van der Waals surface area contributed by atoms with Gasteiger partial charge in [-0.3, -0.25) is 0 Å². The number of benzene rings is 1. The van der Waals surface area contributed by atoms with Crippen LogP contribution >= 0.6 is 0 Å². The van der Waals surface area contributed by atoms with Crippen LogP contribution < -0.4 is 10.5 Å². The Bertz CT molecular complexity index is 384. The molecule has 1 heterocycles. The summed E-state index contributed by atoms with van der Waals surface area (Å²) in [7, 11) is 0. The quantitative estimate of drug-likeness (QED) is 0.892. The molecular formula is C15H23NO2. The highest BCUT2D eigenvalue weighted by Crippen LogP contribution is 2.26. The highest BCUT2D eigenvalue weighted by Gasteiger charge is 2.16. The predicted molar refractivity (Wildman–Crippen MR) is 72.8 cm³/mol. The van der Waals surface area contributed by atoms with Gasteiger partial charge in [-0.2, -0.15) is 0 Å². The largest absolute Gasteiger partial charge is 0.493 e. The lowest BCUT2D eigenvalue weighted by molar-refractivity contribution is 0.0495. The zero-order valence-corrected chi connectivity index (χ0v) is 11.3. The number of ether oxygens (including phenoxy) is 2. The summed E-state index contributed by atoms with van der Waals surface area (Å²) in [6, 6.07) is 6.23. The van der Waals surface area contributed by atoms with E-state index in [1.165, 1.54) is 5.56 Å². The summed E-state index contributed by atoms with van der Waals surface area (Å²) in [5.74, 6) is 1.54. The Balaban J connectivity index is 1.99. The molecule has 1 aliphatic rings. The van der Waals surface area contributed by atoms with E-state index in [2.05, 4.69) is 19.1 Å². The molecule has 100 valence electrons. The summed E-state index contributed by atoms with van der Waals surface area (Å²) >= 11 is 0. The lowest BCUT2D eigenvalue weighted by Gasteiger charge is -2.23. The second kappa shape index (κ2) is 6.21. The monoisotopic (exact) mass is 249 g/mol. The van der Waals surface area contributed by atoms with Crippen LogP contribution in [0, 0.1) is 12.8 Å². The molecule has 0 bridgehead atoms.